The number of carbonyl (C=O) groups excluding carboxylic acids is 1. The summed E-state index contributed by atoms with van der Waals surface area (Å²) in [5, 5.41) is 2.77. The highest BCUT2D eigenvalue weighted by Crippen LogP contribution is 2.27. The number of methoxy groups -OCH3 is 1. The van der Waals surface area contributed by atoms with E-state index in [9.17, 15) is 17.6 Å². The Bertz CT molecular complexity index is 1140. The molecule has 0 spiro atoms. The molecular weight excluding hydrogens is 419 g/mol. The Kier molecular flexibility index (Phi) is 6.91. The van der Waals surface area contributed by atoms with Crippen LogP contribution in [0.1, 0.15) is 18.5 Å². The lowest BCUT2D eigenvalue weighted by Gasteiger charge is -2.25. The first-order valence-corrected chi connectivity index (χ1v) is 11.0. The van der Waals surface area contributed by atoms with Crippen molar-refractivity contribution in [1.82, 2.24) is 5.32 Å². The van der Waals surface area contributed by atoms with Gasteiger partial charge >= 0.3 is 0 Å². The lowest BCUT2D eigenvalue weighted by Crippen LogP contribution is -2.41. The molecule has 0 heterocycles. The average Bonchev–Trinajstić information content (AvgIpc) is 2.78. The van der Waals surface area contributed by atoms with Crippen LogP contribution in [0, 0.1) is 5.82 Å². The van der Waals surface area contributed by atoms with Crippen molar-refractivity contribution in [3.63, 3.8) is 0 Å². The molecule has 0 radical (unpaired) electrons. The topological polar surface area (TPSA) is 75.7 Å². The molecule has 31 heavy (non-hydrogen) atoms. The van der Waals surface area contributed by atoms with Crippen LogP contribution in [0.15, 0.2) is 83.8 Å². The second-order valence-corrected chi connectivity index (χ2v) is 8.73. The second kappa shape index (κ2) is 9.61. The van der Waals surface area contributed by atoms with E-state index in [0.717, 1.165) is 4.31 Å². The molecule has 0 aliphatic heterocycles. The van der Waals surface area contributed by atoms with Crippen LogP contribution < -0.4 is 14.4 Å². The van der Waals surface area contributed by atoms with E-state index in [4.69, 9.17) is 4.74 Å². The Balaban J connectivity index is 1.89. The number of amides is 1. The van der Waals surface area contributed by atoms with Crippen LogP contribution in [0.4, 0.5) is 10.1 Å². The van der Waals surface area contributed by atoms with Crippen LogP contribution in [0.5, 0.6) is 5.75 Å². The van der Waals surface area contributed by atoms with Crippen molar-refractivity contribution >= 4 is 21.6 Å². The fourth-order valence-corrected chi connectivity index (χ4v) is 4.49. The number of sulfonamides is 1. The van der Waals surface area contributed by atoms with Crippen molar-refractivity contribution in [2.45, 2.75) is 17.9 Å². The van der Waals surface area contributed by atoms with Crippen molar-refractivity contribution in [2.75, 3.05) is 18.0 Å². The van der Waals surface area contributed by atoms with Crippen LogP contribution in [0.2, 0.25) is 0 Å². The number of nitrogens with zero attached hydrogens (tertiary/aromatic N) is 1. The van der Waals surface area contributed by atoms with E-state index in [0.29, 0.717) is 17.0 Å². The van der Waals surface area contributed by atoms with Gasteiger partial charge in [-0.1, -0.05) is 36.4 Å². The van der Waals surface area contributed by atoms with Crippen molar-refractivity contribution in [3.8, 4) is 5.75 Å². The summed E-state index contributed by atoms with van der Waals surface area (Å²) >= 11 is 0. The average molecular weight is 443 g/mol. The summed E-state index contributed by atoms with van der Waals surface area (Å²) < 4.78 is 46.1. The molecule has 162 valence electrons. The largest absolute Gasteiger partial charge is 0.497 e. The summed E-state index contributed by atoms with van der Waals surface area (Å²) in [6.45, 7) is 1.31. The summed E-state index contributed by atoms with van der Waals surface area (Å²) in [7, 11) is -2.53. The van der Waals surface area contributed by atoms with Crippen LogP contribution in [-0.2, 0) is 14.8 Å². The van der Waals surface area contributed by atoms with E-state index in [1.54, 1.807) is 61.5 Å². The summed E-state index contributed by atoms with van der Waals surface area (Å²) in [5.41, 5.74) is 1.00. The molecule has 3 aromatic rings. The Morgan fingerprint density at radius 2 is 1.71 bits per heavy atom. The van der Waals surface area contributed by atoms with Crippen LogP contribution in [0.25, 0.3) is 0 Å². The first-order valence-electron chi connectivity index (χ1n) is 9.58. The van der Waals surface area contributed by atoms with Gasteiger partial charge in [0.1, 0.15) is 18.1 Å². The van der Waals surface area contributed by atoms with Gasteiger partial charge in [-0.3, -0.25) is 9.10 Å². The van der Waals surface area contributed by atoms with E-state index in [1.807, 2.05) is 0 Å². The number of carbonyl (C=O) groups is 1. The highest BCUT2D eigenvalue weighted by molar-refractivity contribution is 7.92. The molecule has 0 bridgehead atoms. The molecule has 8 heteroatoms. The molecule has 0 unspecified atom stereocenters. The van der Waals surface area contributed by atoms with Crippen LogP contribution in [0.3, 0.4) is 0 Å². The van der Waals surface area contributed by atoms with Gasteiger partial charge in [-0.15, -0.1) is 0 Å². The fraction of sp³-hybridized carbons (Fsp3) is 0.174. The minimum Gasteiger partial charge on any atom is -0.497 e. The lowest BCUT2D eigenvalue weighted by molar-refractivity contribution is -0.120. The van der Waals surface area contributed by atoms with Gasteiger partial charge in [0, 0.05) is 6.07 Å². The van der Waals surface area contributed by atoms with Gasteiger partial charge in [-0.2, -0.15) is 0 Å². The Morgan fingerprint density at radius 3 is 2.35 bits per heavy atom. The number of hydrogen-bond acceptors (Lipinski definition) is 4. The summed E-state index contributed by atoms with van der Waals surface area (Å²) in [6, 6.07) is 19.7. The molecule has 0 saturated carbocycles. The quantitative estimate of drug-likeness (QED) is 0.574. The minimum absolute atomic E-state index is 0.0669. The van der Waals surface area contributed by atoms with E-state index in [1.165, 1.54) is 31.4 Å². The highest BCUT2D eigenvalue weighted by atomic mass is 32.2. The standard InChI is InChI=1S/C23H23FN2O4S/c1-17(18-11-13-19(24)14-12-18)25-23(27)16-26(20-7-6-8-21(15-20)30-2)31(28,29)22-9-4-3-5-10-22/h3-15,17H,16H2,1-2H3,(H,25,27)/t17-/m0/s1. The third kappa shape index (κ3) is 5.40. The van der Waals surface area contributed by atoms with Crippen molar-refractivity contribution in [1.29, 1.82) is 0 Å². The predicted molar refractivity (Wildman–Crippen MR) is 117 cm³/mol. The van der Waals surface area contributed by atoms with Crippen LogP contribution in [-0.4, -0.2) is 28.0 Å². The third-order valence-corrected chi connectivity index (χ3v) is 6.50. The molecule has 6 nitrogen and oxygen atoms in total. The van der Waals surface area contributed by atoms with Gasteiger partial charge in [0.05, 0.1) is 23.7 Å². The molecule has 0 aromatic heterocycles. The number of halogens is 1. The number of rotatable bonds is 8. The molecule has 0 aliphatic carbocycles. The van der Waals surface area contributed by atoms with E-state index >= 15 is 0 Å². The molecule has 1 N–H and O–H groups in total. The maximum absolute atomic E-state index is 13.3. The number of anilines is 1. The Hall–Kier alpha value is -3.39. The SMILES string of the molecule is COc1cccc(N(CC(=O)N[C@@H](C)c2ccc(F)cc2)S(=O)(=O)c2ccccc2)c1. The fourth-order valence-electron chi connectivity index (χ4n) is 3.05. The highest BCUT2D eigenvalue weighted by Gasteiger charge is 2.28. The van der Waals surface area contributed by atoms with Gasteiger partial charge in [0.15, 0.2) is 0 Å². The molecule has 0 aliphatic rings. The van der Waals surface area contributed by atoms with E-state index < -0.39 is 28.5 Å². The lowest BCUT2D eigenvalue weighted by atomic mass is 10.1. The monoisotopic (exact) mass is 442 g/mol. The van der Waals surface area contributed by atoms with Crippen LogP contribution >= 0.6 is 0 Å². The maximum atomic E-state index is 13.3. The molecule has 3 rings (SSSR count). The Morgan fingerprint density at radius 1 is 1.03 bits per heavy atom. The van der Waals surface area contributed by atoms with Gasteiger partial charge in [0.2, 0.25) is 5.91 Å². The number of ether oxygens (including phenoxy) is 1. The zero-order valence-corrected chi connectivity index (χ0v) is 18.0. The van der Waals surface area contributed by atoms with E-state index in [-0.39, 0.29) is 10.7 Å². The zero-order valence-electron chi connectivity index (χ0n) is 17.2. The second-order valence-electron chi connectivity index (χ2n) is 6.87. The van der Waals surface area contributed by atoms with Gasteiger partial charge in [-0.05, 0) is 48.9 Å². The van der Waals surface area contributed by atoms with Gasteiger partial charge < -0.3 is 10.1 Å². The molecular formula is C23H23FN2O4S. The van der Waals surface area contributed by atoms with Gasteiger partial charge in [0.25, 0.3) is 10.0 Å². The smallest absolute Gasteiger partial charge is 0.264 e. The molecule has 1 amide bonds. The molecule has 0 saturated heterocycles. The minimum atomic E-state index is -4.01. The first kappa shape index (κ1) is 22.3. The number of nitrogens with one attached hydrogen (secondary N) is 1. The van der Waals surface area contributed by atoms with Crippen molar-refractivity contribution < 1.29 is 22.3 Å². The van der Waals surface area contributed by atoms with Gasteiger partial charge in [-0.25, -0.2) is 12.8 Å². The molecule has 1 atom stereocenters. The summed E-state index contributed by atoms with van der Waals surface area (Å²) in [5.74, 6) is -0.412. The summed E-state index contributed by atoms with van der Waals surface area (Å²) in [6.07, 6.45) is 0. The van der Waals surface area contributed by atoms with Crippen molar-refractivity contribution in [3.05, 3.63) is 90.2 Å². The Labute approximate surface area is 181 Å². The normalized spacial score (nSPS) is 12.1. The summed E-state index contributed by atoms with van der Waals surface area (Å²) in [4.78, 5) is 12.9. The number of benzene rings is 3. The predicted octanol–water partition coefficient (Wildman–Crippen LogP) is 3.91. The maximum Gasteiger partial charge on any atom is 0.264 e. The molecule has 3 aromatic carbocycles. The zero-order chi connectivity index (χ0) is 22.4. The molecule has 0 fully saturated rings. The number of hydrogen-bond donors (Lipinski definition) is 1. The van der Waals surface area contributed by atoms with E-state index in [2.05, 4.69) is 5.32 Å². The van der Waals surface area contributed by atoms with Crippen molar-refractivity contribution in [2.24, 2.45) is 0 Å². The first-order chi connectivity index (χ1) is 14.8. The third-order valence-electron chi connectivity index (χ3n) is 4.71.